The van der Waals surface area contributed by atoms with Crippen LogP contribution < -0.4 is 5.73 Å². The van der Waals surface area contributed by atoms with E-state index in [0.29, 0.717) is 0 Å². The summed E-state index contributed by atoms with van der Waals surface area (Å²) in [4.78, 5) is 19.7. The molecule has 116 valence electrons. The molecule has 4 nitrogen and oxygen atoms in total. The van der Waals surface area contributed by atoms with Crippen molar-refractivity contribution >= 4 is 17.2 Å². The Bertz CT molecular complexity index is 640. The number of carbonyl (C=O) groups is 1. The number of nitrogens with two attached hydrogens (primary N) is 1. The molecule has 3 rings (SSSR count). The van der Waals surface area contributed by atoms with E-state index in [1.807, 2.05) is 23.1 Å². The lowest BCUT2D eigenvalue weighted by atomic mass is 9.99. The second-order valence-electron chi connectivity index (χ2n) is 5.91. The molecule has 2 atom stereocenters. The van der Waals surface area contributed by atoms with Crippen molar-refractivity contribution in [3.8, 4) is 0 Å². The number of aromatic nitrogens is 1. The Labute approximate surface area is 135 Å². The summed E-state index contributed by atoms with van der Waals surface area (Å²) in [6.07, 6.45) is 4.25. The van der Waals surface area contributed by atoms with Gasteiger partial charge in [0.05, 0.1) is 11.2 Å². The van der Waals surface area contributed by atoms with Crippen molar-refractivity contribution in [3.63, 3.8) is 0 Å². The highest BCUT2D eigenvalue weighted by molar-refractivity contribution is 7.13. The number of hydrogen-bond donors (Lipinski definition) is 1. The summed E-state index contributed by atoms with van der Waals surface area (Å²) in [5.74, 6) is 0.0937. The van der Waals surface area contributed by atoms with E-state index in [-0.39, 0.29) is 18.0 Å². The van der Waals surface area contributed by atoms with Gasteiger partial charge in [0.1, 0.15) is 4.88 Å². The molecular formula is C17H21N3OS. The molecule has 1 aliphatic rings. The van der Waals surface area contributed by atoms with Crippen LogP contribution >= 0.6 is 11.3 Å². The first-order valence-corrected chi connectivity index (χ1v) is 8.50. The summed E-state index contributed by atoms with van der Waals surface area (Å²) >= 11 is 1.50. The van der Waals surface area contributed by atoms with Gasteiger partial charge in [-0.25, -0.2) is 4.98 Å². The second kappa shape index (κ2) is 6.58. The first-order chi connectivity index (χ1) is 10.6. The van der Waals surface area contributed by atoms with Crippen LogP contribution in [0.4, 0.5) is 0 Å². The molecule has 0 aliphatic carbocycles. The van der Waals surface area contributed by atoms with Gasteiger partial charge >= 0.3 is 0 Å². The van der Waals surface area contributed by atoms with E-state index in [1.54, 1.807) is 6.20 Å². The van der Waals surface area contributed by atoms with Crippen molar-refractivity contribution < 1.29 is 4.79 Å². The monoisotopic (exact) mass is 315 g/mol. The lowest BCUT2D eigenvalue weighted by Gasteiger charge is -2.36. The molecule has 1 saturated heterocycles. The van der Waals surface area contributed by atoms with Crippen LogP contribution in [-0.2, 0) is 6.42 Å². The quantitative estimate of drug-likeness (QED) is 0.947. The maximum atomic E-state index is 12.6. The molecule has 1 aromatic carbocycles. The molecule has 1 aromatic heterocycles. The third kappa shape index (κ3) is 3.36. The molecule has 2 heterocycles. The normalized spacial score (nSPS) is 21.8. The summed E-state index contributed by atoms with van der Waals surface area (Å²) in [6, 6.07) is 10.6. The van der Waals surface area contributed by atoms with E-state index < -0.39 is 0 Å². The molecule has 5 heteroatoms. The number of amides is 1. The first-order valence-electron chi connectivity index (χ1n) is 7.68. The fraction of sp³-hybridized carbons (Fsp3) is 0.412. The number of hydrogen-bond acceptors (Lipinski definition) is 4. The van der Waals surface area contributed by atoms with Crippen LogP contribution in [0, 0.1) is 0 Å². The number of nitrogens with zero attached hydrogens (tertiary/aromatic N) is 2. The molecule has 22 heavy (non-hydrogen) atoms. The van der Waals surface area contributed by atoms with Crippen LogP contribution in [0.25, 0.3) is 0 Å². The highest BCUT2D eigenvalue weighted by Gasteiger charge is 2.28. The van der Waals surface area contributed by atoms with Crippen molar-refractivity contribution in [1.29, 1.82) is 0 Å². The Morgan fingerprint density at radius 2 is 2.18 bits per heavy atom. The summed E-state index contributed by atoms with van der Waals surface area (Å²) in [6.45, 7) is 2.82. The SMILES string of the molecule is C[C@@H]1C[C@H](N)CCN1C(=O)c1cnc(Cc2ccccc2)s1. The Morgan fingerprint density at radius 1 is 1.41 bits per heavy atom. The number of rotatable bonds is 3. The van der Waals surface area contributed by atoms with Gasteiger partial charge in [-0.05, 0) is 25.3 Å². The van der Waals surface area contributed by atoms with Crippen LogP contribution in [0.3, 0.4) is 0 Å². The van der Waals surface area contributed by atoms with Gasteiger partial charge in [0.15, 0.2) is 0 Å². The average Bonchev–Trinajstić information content (AvgIpc) is 2.96. The van der Waals surface area contributed by atoms with Crippen molar-refractivity contribution in [2.75, 3.05) is 6.54 Å². The third-order valence-corrected chi connectivity index (χ3v) is 5.13. The van der Waals surface area contributed by atoms with Crippen LogP contribution in [-0.4, -0.2) is 34.4 Å². The Hall–Kier alpha value is -1.72. The van der Waals surface area contributed by atoms with Gasteiger partial charge in [0, 0.05) is 25.0 Å². The summed E-state index contributed by atoms with van der Waals surface area (Å²) in [5, 5.41) is 0.982. The van der Waals surface area contributed by atoms with Crippen LogP contribution in [0.1, 0.15) is 40.0 Å². The zero-order valence-electron chi connectivity index (χ0n) is 12.7. The molecule has 0 saturated carbocycles. The van der Waals surface area contributed by atoms with E-state index in [0.717, 1.165) is 35.7 Å². The zero-order chi connectivity index (χ0) is 15.5. The standard InChI is InChI=1S/C17H21N3OS/c1-12-9-14(18)7-8-20(12)17(21)15-11-19-16(22-15)10-13-5-3-2-4-6-13/h2-6,11-12,14H,7-10,18H2,1H3/t12-,14-/m1/s1. The molecule has 0 spiro atoms. The second-order valence-corrected chi connectivity index (χ2v) is 7.03. The van der Waals surface area contributed by atoms with Crippen molar-refractivity contribution in [2.24, 2.45) is 5.73 Å². The Morgan fingerprint density at radius 3 is 2.91 bits per heavy atom. The highest BCUT2D eigenvalue weighted by Crippen LogP contribution is 2.23. The van der Waals surface area contributed by atoms with E-state index >= 15 is 0 Å². The van der Waals surface area contributed by atoms with Gasteiger partial charge < -0.3 is 10.6 Å². The fourth-order valence-electron chi connectivity index (χ4n) is 2.91. The molecule has 0 unspecified atom stereocenters. The maximum absolute atomic E-state index is 12.6. The number of carbonyl (C=O) groups excluding carboxylic acids is 1. The van der Waals surface area contributed by atoms with Crippen molar-refractivity contribution in [3.05, 3.63) is 52.0 Å². The largest absolute Gasteiger partial charge is 0.335 e. The third-order valence-electron chi connectivity index (χ3n) is 4.14. The topological polar surface area (TPSA) is 59.2 Å². The van der Waals surface area contributed by atoms with E-state index in [1.165, 1.54) is 16.9 Å². The molecule has 2 aromatic rings. The summed E-state index contributed by atoms with van der Waals surface area (Å²) < 4.78 is 0. The number of thiazole rings is 1. The lowest BCUT2D eigenvalue weighted by molar-refractivity contribution is 0.0624. The predicted molar refractivity (Wildman–Crippen MR) is 89.1 cm³/mol. The molecule has 1 fully saturated rings. The molecular weight excluding hydrogens is 294 g/mol. The smallest absolute Gasteiger partial charge is 0.265 e. The minimum Gasteiger partial charge on any atom is -0.335 e. The van der Waals surface area contributed by atoms with Crippen molar-refractivity contribution in [1.82, 2.24) is 9.88 Å². The molecule has 2 N–H and O–H groups in total. The predicted octanol–water partition coefficient (Wildman–Crippen LogP) is 2.69. The first kappa shape index (κ1) is 15.2. The van der Waals surface area contributed by atoms with E-state index in [9.17, 15) is 4.79 Å². The number of benzene rings is 1. The van der Waals surface area contributed by atoms with Gasteiger partial charge in [0.2, 0.25) is 0 Å². The van der Waals surface area contributed by atoms with Crippen LogP contribution in [0.15, 0.2) is 36.5 Å². The average molecular weight is 315 g/mol. The van der Waals surface area contributed by atoms with E-state index in [4.69, 9.17) is 5.73 Å². The van der Waals surface area contributed by atoms with Gasteiger partial charge in [-0.1, -0.05) is 30.3 Å². The van der Waals surface area contributed by atoms with Crippen molar-refractivity contribution in [2.45, 2.75) is 38.3 Å². The number of likely N-dealkylation sites (tertiary alicyclic amines) is 1. The minimum absolute atomic E-state index is 0.0937. The molecule has 1 amide bonds. The van der Waals surface area contributed by atoms with Gasteiger partial charge in [-0.2, -0.15) is 0 Å². The van der Waals surface area contributed by atoms with Crippen LogP contribution in [0.2, 0.25) is 0 Å². The molecule has 0 bridgehead atoms. The summed E-state index contributed by atoms with van der Waals surface area (Å²) in [5.41, 5.74) is 7.18. The molecule has 1 aliphatic heterocycles. The number of piperidine rings is 1. The zero-order valence-corrected chi connectivity index (χ0v) is 13.6. The highest BCUT2D eigenvalue weighted by atomic mass is 32.1. The Balaban J connectivity index is 1.69. The molecule has 0 radical (unpaired) electrons. The maximum Gasteiger partial charge on any atom is 0.265 e. The van der Waals surface area contributed by atoms with Crippen LogP contribution in [0.5, 0.6) is 0 Å². The van der Waals surface area contributed by atoms with Gasteiger partial charge in [-0.3, -0.25) is 4.79 Å². The summed E-state index contributed by atoms with van der Waals surface area (Å²) in [7, 11) is 0. The Kier molecular flexibility index (Phi) is 4.55. The minimum atomic E-state index is 0.0937. The van der Waals surface area contributed by atoms with E-state index in [2.05, 4.69) is 24.0 Å². The van der Waals surface area contributed by atoms with Gasteiger partial charge in [0.25, 0.3) is 5.91 Å². The van der Waals surface area contributed by atoms with Gasteiger partial charge in [-0.15, -0.1) is 11.3 Å². The fourth-order valence-corrected chi connectivity index (χ4v) is 3.82. The lowest BCUT2D eigenvalue weighted by Crippen LogP contribution is -2.48.